The number of nitrogens with two attached hydrogens (primary N) is 3. The van der Waals surface area contributed by atoms with Crippen molar-refractivity contribution in [1.29, 1.82) is 0 Å². The highest BCUT2D eigenvalue weighted by Gasteiger charge is 2.41. The molecule has 0 aromatic heterocycles. The topological polar surface area (TPSA) is 112 Å². The van der Waals surface area contributed by atoms with E-state index in [1.165, 1.54) is 0 Å². The summed E-state index contributed by atoms with van der Waals surface area (Å²) >= 11 is 0. The molecular weight excluding hydrogens is 213 g/mol. The van der Waals surface area contributed by atoms with E-state index in [0.717, 1.165) is 0 Å². The Morgan fingerprint density at radius 3 is 2.27 bits per heavy atom. The maximum atomic E-state index is 11.9. The van der Waals surface area contributed by atoms with E-state index in [4.69, 9.17) is 22.3 Å². The van der Waals surface area contributed by atoms with Gasteiger partial charge in [-0.2, -0.15) is 13.2 Å². The van der Waals surface area contributed by atoms with Crippen LogP contribution < -0.4 is 22.2 Å². The molecule has 0 radical (unpaired) electrons. The molecule has 0 unspecified atom stereocenters. The van der Waals surface area contributed by atoms with Crippen LogP contribution in [0.5, 0.6) is 0 Å². The minimum atomic E-state index is -4.67. The van der Waals surface area contributed by atoms with Gasteiger partial charge in [-0.05, 0) is 12.8 Å². The number of nitrogens with one attached hydrogen (secondary N) is 1. The van der Waals surface area contributed by atoms with Crippen LogP contribution in [0.1, 0.15) is 12.8 Å². The first-order valence-corrected chi connectivity index (χ1v) is 4.37. The standard InChI is InChI=1S/C7H15F3N4O/c8-7(9,10)5(15)4(11)2-1-3-14-6(12)13/h4-5,15H,1-3,11H2,(H4,12,13,14)/p+1/t4-,5-/m0/s1. The zero-order chi connectivity index (χ0) is 12.1. The number of halogens is 3. The van der Waals surface area contributed by atoms with Crippen molar-refractivity contribution in [2.75, 3.05) is 6.54 Å². The van der Waals surface area contributed by atoms with Crippen molar-refractivity contribution in [2.45, 2.75) is 31.2 Å². The third-order valence-corrected chi connectivity index (χ3v) is 1.78. The number of rotatable bonds is 5. The lowest BCUT2D eigenvalue weighted by Gasteiger charge is -2.20. The fourth-order valence-electron chi connectivity index (χ4n) is 0.971. The van der Waals surface area contributed by atoms with E-state index in [1.807, 2.05) is 0 Å². The second kappa shape index (κ2) is 5.76. The van der Waals surface area contributed by atoms with E-state index in [2.05, 4.69) is 4.99 Å². The average molecular weight is 229 g/mol. The monoisotopic (exact) mass is 229 g/mol. The number of hydrogen-bond acceptors (Lipinski definition) is 2. The molecule has 5 nitrogen and oxygen atoms in total. The van der Waals surface area contributed by atoms with Crippen molar-refractivity contribution in [3.63, 3.8) is 0 Å². The first-order valence-electron chi connectivity index (χ1n) is 4.37. The Balaban J connectivity index is 3.84. The molecule has 8 N–H and O–H groups in total. The van der Waals surface area contributed by atoms with E-state index in [0.29, 0.717) is 13.0 Å². The lowest BCUT2D eigenvalue weighted by atomic mass is 10.1. The molecule has 0 aliphatic heterocycles. The number of hydrogen-bond donors (Lipinski definition) is 5. The molecule has 0 aliphatic carbocycles. The van der Waals surface area contributed by atoms with Crippen LogP contribution in [-0.4, -0.2) is 35.9 Å². The van der Waals surface area contributed by atoms with Gasteiger partial charge in [-0.1, -0.05) is 0 Å². The van der Waals surface area contributed by atoms with E-state index in [-0.39, 0.29) is 12.4 Å². The molecule has 0 fully saturated rings. The summed E-state index contributed by atoms with van der Waals surface area (Å²) in [5, 5.41) is 8.74. The van der Waals surface area contributed by atoms with Crippen LogP contribution in [0.15, 0.2) is 0 Å². The van der Waals surface area contributed by atoms with Gasteiger partial charge in [0.1, 0.15) is 0 Å². The number of alkyl halides is 3. The molecule has 0 rings (SSSR count). The van der Waals surface area contributed by atoms with Gasteiger partial charge < -0.3 is 10.8 Å². The molecule has 8 heteroatoms. The minimum Gasteiger partial charge on any atom is -0.382 e. The van der Waals surface area contributed by atoms with Crippen LogP contribution in [-0.2, 0) is 0 Å². The Kier molecular flexibility index (Phi) is 5.37. The third-order valence-electron chi connectivity index (χ3n) is 1.78. The summed E-state index contributed by atoms with van der Waals surface area (Å²) in [5.41, 5.74) is 15.3. The van der Waals surface area contributed by atoms with Gasteiger partial charge in [0.2, 0.25) is 0 Å². The molecule has 0 saturated carbocycles. The molecule has 0 heterocycles. The van der Waals surface area contributed by atoms with Crippen LogP contribution >= 0.6 is 0 Å². The van der Waals surface area contributed by atoms with Gasteiger partial charge in [0.05, 0.1) is 6.54 Å². The smallest absolute Gasteiger partial charge is 0.382 e. The van der Waals surface area contributed by atoms with Gasteiger partial charge in [-0.25, -0.2) is 0 Å². The third kappa shape index (κ3) is 6.13. The second-order valence-electron chi connectivity index (χ2n) is 3.17. The lowest BCUT2D eigenvalue weighted by molar-refractivity contribution is -0.460. The van der Waals surface area contributed by atoms with Crippen molar-refractivity contribution in [2.24, 2.45) is 17.2 Å². The Labute approximate surface area is 85.1 Å². The highest BCUT2D eigenvalue weighted by molar-refractivity contribution is 5.69. The first kappa shape index (κ1) is 14.0. The molecule has 0 aromatic rings. The van der Waals surface area contributed by atoms with Gasteiger partial charge in [0, 0.05) is 6.04 Å². The van der Waals surface area contributed by atoms with Crippen LogP contribution in [0.4, 0.5) is 13.2 Å². The number of guanidine groups is 1. The van der Waals surface area contributed by atoms with E-state index in [9.17, 15) is 13.2 Å². The zero-order valence-electron chi connectivity index (χ0n) is 8.09. The summed E-state index contributed by atoms with van der Waals surface area (Å²) in [6.07, 6.45) is -6.80. The highest BCUT2D eigenvalue weighted by atomic mass is 19.4. The molecule has 0 amide bonds. The fourth-order valence-corrected chi connectivity index (χ4v) is 0.971. The van der Waals surface area contributed by atoms with Gasteiger partial charge in [-0.3, -0.25) is 16.5 Å². The largest absolute Gasteiger partial charge is 0.415 e. The van der Waals surface area contributed by atoms with Gasteiger partial charge in [0.25, 0.3) is 0 Å². The van der Waals surface area contributed by atoms with Crippen molar-refractivity contribution >= 4 is 5.96 Å². The predicted molar refractivity (Wildman–Crippen MR) is 48.5 cm³/mol. The Morgan fingerprint density at radius 2 is 1.87 bits per heavy atom. The van der Waals surface area contributed by atoms with E-state index in [1.54, 1.807) is 0 Å². The minimum absolute atomic E-state index is 0.0000544. The normalized spacial score (nSPS) is 15.8. The van der Waals surface area contributed by atoms with Gasteiger partial charge in [0.15, 0.2) is 6.10 Å². The molecule has 0 saturated heterocycles. The lowest BCUT2D eigenvalue weighted by Crippen LogP contribution is -2.78. The number of aliphatic hydroxyl groups excluding tert-OH is 1. The molecule has 0 bridgehead atoms. The molecule has 15 heavy (non-hydrogen) atoms. The molecule has 2 atom stereocenters. The molecule has 0 aromatic carbocycles. The zero-order valence-corrected chi connectivity index (χ0v) is 8.09. The summed E-state index contributed by atoms with van der Waals surface area (Å²) in [6, 6.07) is -1.33. The molecule has 90 valence electrons. The summed E-state index contributed by atoms with van der Waals surface area (Å²) in [5.74, 6) is -0.0000544. The van der Waals surface area contributed by atoms with Crippen molar-refractivity contribution in [3.8, 4) is 0 Å². The quantitative estimate of drug-likeness (QED) is 0.202. The maximum Gasteiger partial charge on any atom is 0.415 e. The molecular formula is C7H16F3N4O+. The second-order valence-corrected chi connectivity index (χ2v) is 3.17. The Bertz CT molecular complexity index is 215. The van der Waals surface area contributed by atoms with Crippen molar-refractivity contribution in [1.82, 2.24) is 0 Å². The van der Waals surface area contributed by atoms with Crippen LogP contribution in [0.2, 0.25) is 0 Å². The average Bonchev–Trinajstić information content (AvgIpc) is 2.09. The van der Waals surface area contributed by atoms with Crippen molar-refractivity contribution in [3.05, 3.63) is 0 Å². The summed E-state index contributed by atoms with van der Waals surface area (Å²) in [6.45, 7) is 0.320. The van der Waals surface area contributed by atoms with Gasteiger partial charge in [-0.15, -0.1) is 0 Å². The van der Waals surface area contributed by atoms with Gasteiger partial charge >= 0.3 is 12.1 Å². The van der Waals surface area contributed by atoms with E-state index < -0.39 is 18.3 Å². The predicted octanol–water partition coefficient (Wildman–Crippen LogP) is -2.63. The summed E-state index contributed by atoms with van der Waals surface area (Å²) < 4.78 is 35.8. The van der Waals surface area contributed by atoms with Crippen LogP contribution in [0.25, 0.3) is 0 Å². The first-order chi connectivity index (χ1) is 6.75. The Morgan fingerprint density at radius 1 is 1.33 bits per heavy atom. The SMILES string of the molecule is NC(N)=[NH+]CCC[C@H](N)[C@H](O)C(F)(F)F. The molecule has 0 aliphatic rings. The van der Waals surface area contributed by atoms with Crippen molar-refractivity contribution < 1.29 is 23.3 Å². The summed E-state index contributed by atoms with van der Waals surface area (Å²) in [7, 11) is 0. The molecule has 0 spiro atoms. The highest BCUT2D eigenvalue weighted by Crippen LogP contribution is 2.22. The van der Waals surface area contributed by atoms with Crippen LogP contribution in [0, 0.1) is 0 Å². The van der Waals surface area contributed by atoms with E-state index >= 15 is 0 Å². The van der Waals surface area contributed by atoms with Crippen LogP contribution in [0.3, 0.4) is 0 Å². The Hall–Kier alpha value is -1.02. The maximum absolute atomic E-state index is 11.9. The fraction of sp³-hybridized carbons (Fsp3) is 0.857. The summed E-state index contributed by atoms with van der Waals surface area (Å²) in [4.78, 5) is 2.53. The number of aliphatic hydroxyl groups is 1.